The van der Waals surface area contributed by atoms with Gasteiger partial charge in [0, 0.05) is 13.1 Å². The molecule has 0 N–H and O–H groups in total. The average molecular weight is 227 g/mol. The number of halogens is 3. The first-order valence-corrected chi connectivity index (χ1v) is 4.68. The number of hydrogen-bond acceptors (Lipinski definition) is 2. The van der Waals surface area contributed by atoms with Crippen LogP contribution in [0.1, 0.15) is 20.3 Å². The van der Waals surface area contributed by atoms with E-state index in [1.807, 2.05) is 13.8 Å². The number of ether oxygens (including phenoxy) is 1. The number of nitrogens with zero attached hydrogens (tertiary/aromatic N) is 1. The molecule has 3 nitrogen and oxygen atoms in total. The first kappa shape index (κ1) is 14.2. The van der Waals surface area contributed by atoms with Crippen LogP contribution in [0.4, 0.5) is 13.2 Å². The predicted molar refractivity (Wildman–Crippen MR) is 49.4 cm³/mol. The van der Waals surface area contributed by atoms with Gasteiger partial charge in [-0.1, -0.05) is 6.92 Å². The molecule has 0 aliphatic rings. The lowest BCUT2D eigenvalue weighted by atomic mass is 10.2. The molecule has 0 aromatic heterocycles. The van der Waals surface area contributed by atoms with Crippen LogP contribution in [0, 0.1) is 0 Å². The van der Waals surface area contributed by atoms with E-state index in [1.54, 1.807) is 7.05 Å². The standard InChI is InChI=1S/C9H16F3NO2/c1-4-7(2)13(3)8(14)5-15-6-9(10,11)12/h7H,4-6H2,1-3H3. The van der Waals surface area contributed by atoms with Crippen LogP contribution in [0.25, 0.3) is 0 Å². The Morgan fingerprint density at radius 3 is 2.40 bits per heavy atom. The van der Waals surface area contributed by atoms with Crippen molar-refractivity contribution >= 4 is 5.91 Å². The van der Waals surface area contributed by atoms with E-state index in [9.17, 15) is 18.0 Å². The summed E-state index contributed by atoms with van der Waals surface area (Å²) in [5.74, 6) is -0.436. The van der Waals surface area contributed by atoms with Crippen LogP contribution in [0.3, 0.4) is 0 Å². The highest BCUT2D eigenvalue weighted by molar-refractivity contribution is 5.77. The normalized spacial score (nSPS) is 13.7. The fourth-order valence-corrected chi connectivity index (χ4v) is 0.876. The highest BCUT2D eigenvalue weighted by Crippen LogP contribution is 2.14. The molecule has 0 aliphatic heterocycles. The van der Waals surface area contributed by atoms with Gasteiger partial charge in [-0.2, -0.15) is 13.2 Å². The van der Waals surface area contributed by atoms with E-state index >= 15 is 0 Å². The lowest BCUT2D eigenvalue weighted by molar-refractivity contribution is -0.177. The van der Waals surface area contributed by atoms with Crippen LogP contribution in [-0.4, -0.2) is 43.3 Å². The van der Waals surface area contributed by atoms with Gasteiger partial charge in [0.2, 0.25) is 5.91 Å². The zero-order valence-electron chi connectivity index (χ0n) is 9.10. The molecule has 90 valence electrons. The molecule has 1 amide bonds. The van der Waals surface area contributed by atoms with E-state index < -0.39 is 25.3 Å². The molecule has 15 heavy (non-hydrogen) atoms. The van der Waals surface area contributed by atoms with Gasteiger partial charge in [0.15, 0.2) is 0 Å². The summed E-state index contributed by atoms with van der Waals surface area (Å²) in [6.45, 7) is 1.81. The zero-order chi connectivity index (χ0) is 12.1. The minimum absolute atomic E-state index is 0.00647. The minimum atomic E-state index is -4.38. The number of carbonyl (C=O) groups is 1. The van der Waals surface area contributed by atoms with Crippen molar-refractivity contribution in [3.63, 3.8) is 0 Å². The van der Waals surface area contributed by atoms with Crippen molar-refractivity contribution in [1.82, 2.24) is 4.90 Å². The van der Waals surface area contributed by atoms with E-state index in [0.717, 1.165) is 6.42 Å². The van der Waals surface area contributed by atoms with Gasteiger partial charge in [0.1, 0.15) is 13.2 Å². The molecule has 0 aliphatic carbocycles. The topological polar surface area (TPSA) is 29.5 Å². The second-order valence-electron chi connectivity index (χ2n) is 3.37. The van der Waals surface area contributed by atoms with Gasteiger partial charge < -0.3 is 9.64 Å². The number of hydrogen-bond donors (Lipinski definition) is 0. The van der Waals surface area contributed by atoms with Gasteiger partial charge in [0.25, 0.3) is 0 Å². The SMILES string of the molecule is CCC(C)N(C)C(=O)COCC(F)(F)F. The molecule has 0 heterocycles. The first-order valence-electron chi connectivity index (χ1n) is 4.68. The number of amides is 1. The molecule has 6 heteroatoms. The maximum Gasteiger partial charge on any atom is 0.411 e. The lowest BCUT2D eigenvalue weighted by Gasteiger charge is -2.23. The molecule has 0 fully saturated rings. The highest BCUT2D eigenvalue weighted by Gasteiger charge is 2.28. The van der Waals surface area contributed by atoms with Gasteiger partial charge in [0.05, 0.1) is 0 Å². The third-order valence-electron chi connectivity index (χ3n) is 2.14. The summed E-state index contributed by atoms with van der Waals surface area (Å²) in [5.41, 5.74) is 0. The van der Waals surface area contributed by atoms with Crippen LogP contribution >= 0.6 is 0 Å². The summed E-state index contributed by atoms with van der Waals surface area (Å²) >= 11 is 0. The molecule has 0 rings (SSSR count). The largest absolute Gasteiger partial charge is 0.411 e. The predicted octanol–water partition coefficient (Wildman–Crippen LogP) is 1.82. The monoisotopic (exact) mass is 227 g/mol. The first-order chi connectivity index (χ1) is 6.78. The maximum atomic E-state index is 11.7. The molecule has 0 aromatic rings. The quantitative estimate of drug-likeness (QED) is 0.717. The maximum absolute atomic E-state index is 11.7. The Labute approximate surface area is 87.2 Å². The molecule has 0 spiro atoms. The molecule has 0 radical (unpaired) electrons. The van der Waals surface area contributed by atoms with Crippen molar-refractivity contribution < 1.29 is 22.7 Å². The van der Waals surface area contributed by atoms with Crippen molar-refractivity contribution in [2.24, 2.45) is 0 Å². The van der Waals surface area contributed by atoms with E-state index in [-0.39, 0.29) is 6.04 Å². The summed E-state index contributed by atoms with van der Waals surface area (Å²) in [5, 5.41) is 0. The Hall–Kier alpha value is -0.780. The third kappa shape index (κ3) is 6.33. The van der Waals surface area contributed by atoms with Gasteiger partial charge >= 0.3 is 6.18 Å². The highest BCUT2D eigenvalue weighted by atomic mass is 19.4. The minimum Gasteiger partial charge on any atom is -0.362 e. The van der Waals surface area contributed by atoms with Crippen molar-refractivity contribution in [2.75, 3.05) is 20.3 Å². The molecular formula is C9H16F3NO2. The van der Waals surface area contributed by atoms with Crippen molar-refractivity contribution in [1.29, 1.82) is 0 Å². The van der Waals surface area contributed by atoms with Gasteiger partial charge in [-0.15, -0.1) is 0 Å². The Kier molecular flexibility index (Phi) is 5.64. The molecule has 1 atom stereocenters. The second kappa shape index (κ2) is 5.95. The van der Waals surface area contributed by atoms with Crippen LogP contribution in [0.5, 0.6) is 0 Å². The molecular weight excluding hydrogens is 211 g/mol. The average Bonchev–Trinajstić information content (AvgIpc) is 2.13. The zero-order valence-corrected chi connectivity index (χ0v) is 9.10. The smallest absolute Gasteiger partial charge is 0.362 e. The van der Waals surface area contributed by atoms with E-state index in [0.29, 0.717) is 0 Å². The van der Waals surface area contributed by atoms with E-state index in [1.165, 1.54) is 4.90 Å². The fourth-order valence-electron chi connectivity index (χ4n) is 0.876. The molecule has 0 saturated carbocycles. The Balaban J connectivity index is 3.84. The van der Waals surface area contributed by atoms with Crippen molar-refractivity contribution in [2.45, 2.75) is 32.5 Å². The number of rotatable bonds is 5. The summed E-state index contributed by atoms with van der Waals surface area (Å²) < 4.78 is 39.3. The van der Waals surface area contributed by atoms with Crippen molar-refractivity contribution in [3.8, 4) is 0 Å². The van der Waals surface area contributed by atoms with Crippen LogP contribution in [-0.2, 0) is 9.53 Å². The lowest BCUT2D eigenvalue weighted by Crippen LogP contribution is -2.37. The van der Waals surface area contributed by atoms with Gasteiger partial charge in [-0.05, 0) is 13.3 Å². The summed E-state index contributed by atoms with van der Waals surface area (Å²) in [7, 11) is 1.55. The fraction of sp³-hybridized carbons (Fsp3) is 0.889. The second-order valence-corrected chi connectivity index (χ2v) is 3.37. The summed E-state index contributed by atoms with van der Waals surface area (Å²) in [6, 6.07) is 0.00647. The van der Waals surface area contributed by atoms with Crippen LogP contribution in [0.15, 0.2) is 0 Å². The van der Waals surface area contributed by atoms with Crippen LogP contribution in [0.2, 0.25) is 0 Å². The summed E-state index contributed by atoms with van der Waals surface area (Å²) in [4.78, 5) is 12.6. The van der Waals surface area contributed by atoms with Gasteiger partial charge in [-0.3, -0.25) is 4.79 Å². The number of alkyl halides is 3. The van der Waals surface area contributed by atoms with Crippen molar-refractivity contribution in [3.05, 3.63) is 0 Å². The molecule has 1 unspecified atom stereocenters. The Morgan fingerprint density at radius 1 is 1.47 bits per heavy atom. The molecule has 0 aromatic carbocycles. The van der Waals surface area contributed by atoms with E-state index in [2.05, 4.69) is 4.74 Å². The Bertz CT molecular complexity index is 206. The molecule has 0 bridgehead atoms. The number of likely N-dealkylation sites (N-methyl/N-ethyl adjacent to an activating group) is 1. The Morgan fingerprint density at radius 2 is 2.00 bits per heavy atom. The van der Waals surface area contributed by atoms with Gasteiger partial charge in [-0.25, -0.2) is 0 Å². The molecule has 0 saturated heterocycles. The third-order valence-corrected chi connectivity index (χ3v) is 2.14. The van der Waals surface area contributed by atoms with Crippen LogP contribution < -0.4 is 0 Å². The number of carbonyl (C=O) groups excluding carboxylic acids is 1. The van der Waals surface area contributed by atoms with E-state index in [4.69, 9.17) is 0 Å². The summed E-state index contributed by atoms with van der Waals surface area (Å²) in [6.07, 6.45) is -3.63.